The molecule has 2 aliphatic heterocycles. The summed E-state index contributed by atoms with van der Waals surface area (Å²) < 4.78 is 15.7. The predicted molar refractivity (Wildman–Crippen MR) is 138 cm³/mol. The van der Waals surface area contributed by atoms with Crippen molar-refractivity contribution in [1.29, 1.82) is 0 Å². The molecule has 10 heteroatoms. The number of pyridine rings is 1. The minimum Gasteiger partial charge on any atom is -0.395 e. The molecule has 2 fully saturated rings. The standard InChI is InChI=1S/C27H28FN7O2/c28-20-5-1-4-19(16-20)22-7-3-11-34(22)26-10-9-24-29-17-23(35(24)31-26)21-6-2-8-25(30-21)33-13-12-32(14-15-36)27(37)18-33/h1-2,4-6,8-10,16-17,22,36H,3,7,11-15,18H2/t22-/m1/s1. The van der Waals surface area contributed by atoms with Crippen LogP contribution < -0.4 is 9.80 Å². The number of benzene rings is 1. The van der Waals surface area contributed by atoms with Crippen LogP contribution in [0, 0.1) is 5.82 Å². The summed E-state index contributed by atoms with van der Waals surface area (Å²) in [6.07, 6.45) is 3.70. The summed E-state index contributed by atoms with van der Waals surface area (Å²) in [7, 11) is 0. The molecule has 1 aromatic carbocycles. The fraction of sp³-hybridized carbons (Fsp3) is 0.333. The lowest BCUT2D eigenvalue weighted by Gasteiger charge is -2.34. The summed E-state index contributed by atoms with van der Waals surface area (Å²) in [4.78, 5) is 27.7. The van der Waals surface area contributed by atoms with Crippen molar-refractivity contribution in [1.82, 2.24) is 24.5 Å². The molecule has 0 bridgehead atoms. The van der Waals surface area contributed by atoms with E-state index < -0.39 is 0 Å². The number of halogens is 1. The maximum atomic E-state index is 13.9. The Labute approximate surface area is 213 Å². The van der Waals surface area contributed by atoms with Gasteiger partial charge in [0, 0.05) is 26.2 Å². The van der Waals surface area contributed by atoms with Crippen LogP contribution in [0.15, 0.2) is 60.8 Å². The highest BCUT2D eigenvalue weighted by Crippen LogP contribution is 2.35. The predicted octanol–water partition coefficient (Wildman–Crippen LogP) is 2.91. The van der Waals surface area contributed by atoms with E-state index in [4.69, 9.17) is 15.2 Å². The van der Waals surface area contributed by atoms with Gasteiger partial charge in [-0.05, 0) is 54.8 Å². The van der Waals surface area contributed by atoms with E-state index in [0.717, 1.165) is 36.5 Å². The van der Waals surface area contributed by atoms with E-state index in [9.17, 15) is 9.18 Å². The van der Waals surface area contributed by atoms with Crippen LogP contribution in [0.4, 0.5) is 16.0 Å². The average Bonchev–Trinajstić information content (AvgIpc) is 3.57. The second-order valence-electron chi connectivity index (χ2n) is 9.42. The third-order valence-electron chi connectivity index (χ3n) is 7.14. The van der Waals surface area contributed by atoms with Gasteiger partial charge in [0.2, 0.25) is 5.91 Å². The smallest absolute Gasteiger partial charge is 0.242 e. The number of imidazole rings is 1. The van der Waals surface area contributed by atoms with E-state index in [0.29, 0.717) is 36.8 Å². The maximum absolute atomic E-state index is 13.9. The Kier molecular flexibility index (Phi) is 6.17. The zero-order valence-electron chi connectivity index (χ0n) is 20.4. The Morgan fingerprint density at radius 3 is 2.76 bits per heavy atom. The van der Waals surface area contributed by atoms with Crippen molar-refractivity contribution < 1.29 is 14.3 Å². The van der Waals surface area contributed by atoms with Gasteiger partial charge in [-0.3, -0.25) is 4.79 Å². The Morgan fingerprint density at radius 1 is 1.03 bits per heavy atom. The van der Waals surface area contributed by atoms with Gasteiger partial charge in [-0.15, -0.1) is 5.10 Å². The molecule has 5 heterocycles. The highest BCUT2D eigenvalue weighted by Gasteiger charge is 2.28. The molecular weight excluding hydrogens is 473 g/mol. The molecule has 0 aliphatic carbocycles. The van der Waals surface area contributed by atoms with Crippen LogP contribution in [0.5, 0.6) is 0 Å². The van der Waals surface area contributed by atoms with Crippen LogP contribution in [0.2, 0.25) is 0 Å². The molecule has 0 spiro atoms. The molecule has 4 aromatic rings. The van der Waals surface area contributed by atoms with Crippen molar-refractivity contribution in [3.05, 3.63) is 72.2 Å². The normalized spacial score (nSPS) is 18.3. The minimum atomic E-state index is -0.230. The van der Waals surface area contributed by atoms with Gasteiger partial charge in [-0.25, -0.2) is 18.9 Å². The first-order valence-corrected chi connectivity index (χ1v) is 12.6. The second-order valence-corrected chi connectivity index (χ2v) is 9.42. The number of aliphatic hydroxyl groups is 1. The molecule has 0 unspecified atom stereocenters. The minimum absolute atomic E-state index is 0.0212. The van der Waals surface area contributed by atoms with E-state index in [1.807, 2.05) is 41.3 Å². The SMILES string of the molecule is O=C1CN(c2cccc(-c3cnc4ccc(N5CCC[C@@H]5c5cccc(F)c5)nn34)n2)CCN1CCO. The molecule has 1 atom stereocenters. The molecule has 1 N–H and O–H groups in total. The number of aliphatic hydroxyl groups excluding tert-OH is 1. The summed E-state index contributed by atoms with van der Waals surface area (Å²) in [5.41, 5.74) is 3.13. The zero-order valence-corrected chi connectivity index (χ0v) is 20.4. The largest absolute Gasteiger partial charge is 0.395 e. The van der Waals surface area contributed by atoms with Gasteiger partial charge < -0.3 is 19.8 Å². The van der Waals surface area contributed by atoms with Crippen LogP contribution >= 0.6 is 0 Å². The highest BCUT2D eigenvalue weighted by molar-refractivity contribution is 5.82. The van der Waals surface area contributed by atoms with Crippen molar-refractivity contribution >= 4 is 23.2 Å². The van der Waals surface area contributed by atoms with E-state index in [1.54, 1.807) is 27.7 Å². The number of β-amino-alcohol motifs (C(OH)–C–C–N with tert-alkyl or cyclic N) is 1. The first-order chi connectivity index (χ1) is 18.1. The van der Waals surface area contributed by atoms with Gasteiger partial charge in [-0.1, -0.05) is 18.2 Å². The molecule has 2 saturated heterocycles. The third-order valence-corrected chi connectivity index (χ3v) is 7.14. The Bertz CT molecular complexity index is 1440. The van der Waals surface area contributed by atoms with Crippen LogP contribution in [0.3, 0.4) is 0 Å². The monoisotopic (exact) mass is 501 g/mol. The first kappa shape index (κ1) is 23.4. The fourth-order valence-electron chi connectivity index (χ4n) is 5.30. The molecule has 9 nitrogen and oxygen atoms in total. The molecule has 2 aliphatic rings. The number of piperazine rings is 1. The topological polar surface area (TPSA) is 90.1 Å². The van der Waals surface area contributed by atoms with Crippen molar-refractivity contribution in [2.45, 2.75) is 18.9 Å². The molecule has 37 heavy (non-hydrogen) atoms. The number of nitrogens with zero attached hydrogens (tertiary/aromatic N) is 7. The number of aromatic nitrogens is 4. The molecule has 0 radical (unpaired) electrons. The van der Waals surface area contributed by atoms with Gasteiger partial charge in [0.25, 0.3) is 0 Å². The quantitative estimate of drug-likeness (QED) is 0.435. The fourth-order valence-corrected chi connectivity index (χ4v) is 5.30. The number of hydrogen-bond acceptors (Lipinski definition) is 7. The van der Waals surface area contributed by atoms with Crippen molar-refractivity contribution in [3.63, 3.8) is 0 Å². The van der Waals surface area contributed by atoms with E-state index in [1.165, 1.54) is 6.07 Å². The van der Waals surface area contributed by atoms with Gasteiger partial charge >= 0.3 is 0 Å². The van der Waals surface area contributed by atoms with Gasteiger partial charge in [0.1, 0.15) is 23.1 Å². The van der Waals surface area contributed by atoms with Gasteiger partial charge in [0.15, 0.2) is 5.65 Å². The summed E-state index contributed by atoms with van der Waals surface area (Å²) in [6.45, 7) is 2.58. The van der Waals surface area contributed by atoms with Gasteiger partial charge in [-0.2, -0.15) is 0 Å². The summed E-state index contributed by atoms with van der Waals surface area (Å²) in [5.74, 6) is 1.27. The Morgan fingerprint density at radius 2 is 1.92 bits per heavy atom. The van der Waals surface area contributed by atoms with Crippen molar-refractivity contribution in [2.75, 3.05) is 49.1 Å². The molecular formula is C27H28FN7O2. The van der Waals surface area contributed by atoms with E-state index in [2.05, 4.69) is 9.88 Å². The van der Waals surface area contributed by atoms with Gasteiger partial charge in [0.05, 0.1) is 31.1 Å². The summed E-state index contributed by atoms with van der Waals surface area (Å²) >= 11 is 0. The second kappa shape index (κ2) is 9.78. The number of anilines is 2. The van der Waals surface area contributed by atoms with Crippen LogP contribution in [-0.2, 0) is 4.79 Å². The first-order valence-electron chi connectivity index (χ1n) is 12.6. The number of carbonyl (C=O) groups excluding carboxylic acids is 1. The van der Waals surface area contributed by atoms with Crippen LogP contribution in [-0.4, -0.2) is 74.8 Å². The number of rotatable bonds is 6. The molecule has 3 aromatic heterocycles. The molecule has 6 rings (SSSR count). The Balaban J connectivity index is 1.30. The maximum Gasteiger partial charge on any atom is 0.242 e. The number of fused-ring (bicyclic) bond motifs is 1. The molecule has 0 saturated carbocycles. The lowest BCUT2D eigenvalue weighted by molar-refractivity contribution is -0.131. The number of carbonyl (C=O) groups is 1. The summed E-state index contributed by atoms with van der Waals surface area (Å²) in [5, 5.41) is 14.1. The number of hydrogen-bond donors (Lipinski definition) is 1. The van der Waals surface area contributed by atoms with Crippen molar-refractivity contribution in [2.24, 2.45) is 0 Å². The Hall–Kier alpha value is -4.05. The van der Waals surface area contributed by atoms with E-state index in [-0.39, 0.29) is 30.9 Å². The molecule has 1 amide bonds. The third kappa shape index (κ3) is 4.48. The van der Waals surface area contributed by atoms with E-state index >= 15 is 0 Å². The zero-order chi connectivity index (χ0) is 25.4. The summed E-state index contributed by atoms with van der Waals surface area (Å²) in [6, 6.07) is 16.5. The molecule has 190 valence electrons. The van der Waals surface area contributed by atoms with Crippen molar-refractivity contribution in [3.8, 4) is 11.4 Å². The lowest BCUT2D eigenvalue weighted by Crippen LogP contribution is -2.51. The highest BCUT2D eigenvalue weighted by atomic mass is 19.1. The number of amides is 1. The lowest BCUT2D eigenvalue weighted by atomic mass is 10.0. The van der Waals surface area contributed by atoms with Crippen LogP contribution in [0.25, 0.3) is 17.0 Å². The van der Waals surface area contributed by atoms with Crippen LogP contribution in [0.1, 0.15) is 24.4 Å². The average molecular weight is 502 g/mol.